The number of nitrogens with zero attached hydrogens (tertiary/aromatic N) is 1. The van der Waals surface area contributed by atoms with Gasteiger partial charge < -0.3 is 9.15 Å². The van der Waals surface area contributed by atoms with Crippen LogP contribution in [0.15, 0.2) is 46.2 Å². The van der Waals surface area contributed by atoms with Gasteiger partial charge in [-0.3, -0.25) is 14.9 Å². The molecule has 0 aliphatic carbocycles. The Balaban J connectivity index is 1.58. The van der Waals surface area contributed by atoms with Crippen LogP contribution in [0.5, 0.6) is 0 Å². The quantitative estimate of drug-likeness (QED) is 0.538. The molecule has 0 radical (unpaired) electrons. The Hall–Kier alpha value is -2.93. The Labute approximate surface area is 148 Å². The summed E-state index contributed by atoms with van der Waals surface area (Å²) in [5.41, 5.74) is 1.34. The third kappa shape index (κ3) is 4.54. The number of rotatable bonds is 6. The van der Waals surface area contributed by atoms with Crippen LogP contribution < -0.4 is 5.32 Å². The summed E-state index contributed by atoms with van der Waals surface area (Å²) in [5, 5.41) is 5.78. The van der Waals surface area contributed by atoms with E-state index in [9.17, 15) is 9.59 Å². The predicted molar refractivity (Wildman–Crippen MR) is 96.3 cm³/mol. The third-order valence-corrected chi connectivity index (χ3v) is 4.06. The Morgan fingerprint density at radius 3 is 3.00 bits per heavy atom. The number of amides is 1. The molecule has 128 valence electrons. The molecule has 3 rings (SSSR count). The Morgan fingerprint density at radius 2 is 2.20 bits per heavy atom. The number of anilines is 1. The largest absolute Gasteiger partial charge is 0.466 e. The smallest absolute Gasteiger partial charge is 0.311 e. The van der Waals surface area contributed by atoms with Crippen LogP contribution in [-0.2, 0) is 20.7 Å². The van der Waals surface area contributed by atoms with E-state index in [1.54, 1.807) is 18.4 Å². The number of hydrogen-bond donors (Lipinski definition) is 1. The highest BCUT2D eigenvalue weighted by atomic mass is 32.1. The first-order valence-electron chi connectivity index (χ1n) is 7.71. The van der Waals surface area contributed by atoms with E-state index >= 15 is 0 Å². The molecule has 0 bridgehead atoms. The van der Waals surface area contributed by atoms with E-state index in [-0.39, 0.29) is 18.3 Å². The summed E-state index contributed by atoms with van der Waals surface area (Å²) in [4.78, 5) is 27.6. The van der Waals surface area contributed by atoms with E-state index in [1.807, 2.05) is 30.3 Å². The SMILES string of the molecule is CCOC(=O)Cc1csc(NC(=O)/C=C/c2cc3ccccc3o2)n1. The highest BCUT2D eigenvalue weighted by molar-refractivity contribution is 7.14. The third-order valence-electron chi connectivity index (χ3n) is 3.26. The summed E-state index contributed by atoms with van der Waals surface area (Å²) in [7, 11) is 0. The fraction of sp³-hybridized carbons (Fsp3) is 0.167. The number of thiazole rings is 1. The number of carbonyl (C=O) groups excluding carboxylic acids is 2. The monoisotopic (exact) mass is 356 g/mol. The van der Waals surface area contributed by atoms with Crippen molar-refractivity contribution in [3.05, 3.63) is 53.2 Å². The molecular weight excluding hydrogens is 340 g/mol. The van der Waals surface area contributed by atoms with Crippen molar-refractivity contribution < 1.29 is 18.7 Å². The van der Waals surface area contributed by atoms with E-state index in [1.165, 1.54) is 17.4 Å². The molecule has 3 aromatic rings. The minimum Gasteiger partial charge on any atom is -0.466 e. The molecule has 7 heteroatoms. The maximum atomic E-state index is 12.0. The number of esters is 1. The van der Waals surface area contributed by atoms with E-state index in [0.29, 0.717) is 23.2 Å². The second-order valence-electron chi connectivity index (χ2n) is 5.13. The molecule has 2 heterocycles. The first kappa shape index (κ1) is 16.9. The van der Waals surface area contributed by atoms with Gasteiger partial charge in [-0.25, -0.2) is 4.98 Å². The van der Waals surface area contributed by atoms with Gasteiger partial charge in [0.25, 0.3) is 0 Å². The lowest BCUT2D eigenvalue weighted by atomic mass is 10.2. The van der Waals surface area contributed by atoms with E-state index in [2.05, 4.69) is 10.3 Å². The molecule has 25 heavy (non-hydrogen) atoms. The Bertz CT molecular complexity index is 893. The van der Waals surface area contributed by atoms with Crippen LogP contribution in [0.2, 0.25) is 0 Å². The number of furan rings is 1. The average Bonchev–Trinajstić information content (AvgIpc) is 3.19. The highest BCUT2D eigenvalue weighted by Gasteiger charge is 2.09. The maximum Gasteiger partial charge on any atom is 0.311 e. The molecule has 2 aromatic heterocycles. The zero-order valence-electron chi connectivity index (χ0n) is 13.5. The molecule has 0 saturated heterocycles. The number of ether oxygens (including phenoxy) is 1. The van der Waals surface area contributed by atoms with Crippen molar-refractivity contribution in [3.63, 3.8) is 0 Å². The normalized spacial score (nSPS) is 11.1. The van der Waals surface area contributed by atoms with Crippen molar-refractivity contribution in [1.29, 1.82) is 0 Å². The van der Waals surface area contributed by atoms with Gasteiger partial charge in [0.1, 0.15) is 11.3 Å². The molecule has 1 N–H and O–H groups in total. The van der Waals surface area contributed by atoms with Crippen LogP contribution in [0, 0.1) is 0 Å². The summed E-state index contributed by atoms with van der Waals surface area (Å²) < 4.78 is 10.5. The van der Waals surface area contributed by atoms with Crippen molar-refractivity contribution in [2.24, 2.45) is 0 Å². The van der Waals surface area contributed by atoms with Crippen molar-refractivity contribution in [1.82, 2.24) is 4.98 Å². The molecule has 0 aliphatic rings. The van der Waals surface area contributed by atoms with Crippen molar-refractivity contribution in [2.75, 3.05) is 11.9 Å². The lowest BCUT2D eigenvalue weighted by Gasteiger charge is -1.98. The van der Waals surface area contributed by atoms with Crippen LogP contribution in [-0.4, -0.2) is 23.5 Å². The minimum atomic E-state index is -0.338. The second-order valence-corrected chi connectivity index (χ2v) is 5.99. The van der Waals surface area contributed by atoms with E-state index in [4.69, 9.17) is 9.15 Å². The summed E-state index contributed by atoms with van der Waals surface area (Å²) in [6.45, 7) is 2.08. The molecule has 6 nitrogen and oxygen atoms in total. The van der Waals surface area contributed by atoms with Crippen molar-refractivity contribution in [2.45, 2.75) is 13.3 Å². The molecule has 0 saturated carbocycles. The van der Waals surface area contributed by atoms with Gasteiger partial charge in [0, 0.05) is 16.8 Å². The number of nitrogens with one attached hydrogen (secondary N) is 1. The molecule has 0 atom stereocenters. The molecule has 0 spiro atoms. The summed E-state index contributed by atoms with van der Waals surface area (Å²) in [5.74, 6) is -0.0635. The van der Waals surface area contributed by atoms with Gasteiger partial charge in [0.2, 0.25) is 5.91 Å². The fourth-order valence-corrected chi connectivity index (χ4v) is 2.91. The summed E-state index contributed by atoms with van der Waals surface area (Å²) >= 11 is 1.26. The number of aromatic nitrogens is 1. The van der Waals surface area contributed by atoms with Gasteiger partial charge in [-0.1, -0.05) is 18.2 Å². The lowest BCUT2D eigenvalue weighted by Crippen LogP contribution is -2.09. The zero-order chi connectivity index (χ0) is 17.6. The summed E-state index contributed by atoms with van der Waals surface area (Å²) in [6, 6.07) is 9.49. The number of para-hydroxylation sites is 1. The molecule has 0 aliphatic heterocycles. The molecule has 0 fully saturated rings. The number of fused-ring (bicyclic) bond motifs is 1. The highest BCUT2D eigenvalue weighted by Crippen LogP contribution is 2.20. The molecule has 1 amide bonds. The van der Waals surface area contributed by atoms with Gasteiger partial charge in [0.05, 0.1) is 18.7 Å². The molecule has 1 aromatic carbocycles. The maximum absolute atomic E-state index is 12.0. The van der Waals surface area contributed by atoms with Crippen LogP contribution in [0.1, 0.15) is 18.4 Å². The van der Waals surface area contributed by atoms with E-state index in [0.717, 1.165) is 11.0 Å². The standard InChI is InChI=1S/C18H16N2O4S/c1-2-23-17(22)10-13-11-25-18(19-13)20-16(21)8-7-14-9-12-5-3-4-6-15(12)24-14/h3-9,11H,2,10H2,1H3,(H,19,20,21)/b8-7+. The van der Waals surface area contributed by atoms with Gasteiger partial charge >= 0.3 is 5.97 Å². The minimum absolute atomic E-state index is 0.0923. The van der Waals surface area contributed by atoms with Crippen LogP contribution in [0.4, 0.5) is 5.13 Å². The topological polar surface area (TPSA) is 81.4 Å². The van der Waals surface area contributed by atoms with E-state index < -0.39 is 0 Å². The second kappa shape index (κ2) is 7.76. The van der Waals surface area contributed by atoms with Crippen LogP contribution in [0.25, 0.3) is 17.0 Å². The van der Waals surface area contributed by atoms with Gasteiger partial charge in [-0.15, -0.1) is 11.3 Å². The van der Waals surface area contributed by atoms with Crippen LogP contribution >= 0.6 is 11.3 Å². The first-order valence-corrected chi connectivity index (χ1v) is 8.59. The van der Waals surface area contributed by atoms with Gasteiger partial charge in [-0.2, -0.15) is 0 Å². The van der Waals surface area contributed by atoms with Gasteiger partial charge in [-0.05, 0) is 25.1 Å². The van der Waals surface area contributed by atoms with Crippen molar-refractivity contribution >= 4 is 45.4 Å². The average molecular weight is 356 g/mol. The number of hydrogen-bond acceptors (Lipinski definition) is 6. The summed E-state index contributed by atoms with van der Waals surface area (Å²) in [6.07, 6.45) is 3.07. The lowest BCUT2D eigenvalue weighted by molar-refractivity contribution is -0.142. The molecular formula is C18H16N2O4S. The first-order chi connectivity index (χ1) is 12.1. The Morgan fingerprint density at radius 1 is 1.36 bits per heavy atom. The number of carbonyl (C=O) groups is 2. The Kier molecular flexibility index (Phi) is 5.25. The van der Waals surface area contributed by atoms with Crippen molar-refractivity contribution in [3.8, 4) is 0 Å². The predicted octanol–water partition coefficient (Wildman–Crippen LogP) is 3.65. The zero-order valence-corrected chi connectivity index (χ0v) is 14.3. The molecule has 0 unspecified atom stereocenters. The number of benzene rings is 1. The fourth-order valence-electron chi connectivity index (χ4n) is 2.19. The van der Waals surface area contributed by atoms with Gasteiger partial charge in [0.15, 0.2) is 5.13 Å². The van der Waals surface area contributed by atoms with Crippen LogP contribution in [0.3, 0.4) is 0 Å².